The standard InChI is InChI=1S/C17H22FNO/c18-15-7-5-6-14(12-15)13-16(20)17(8-1-2-9-17)19-10-3-4-11-19/h5-7,12H,1-4,8-11,13H2. The van der Waals surface area contributed by atoms with E-state index in [0.717, 1.165) is 44.3 Å². The smallest absolute Gasteiger partial charge is 0.157 e. The van der Waals surface area contributed by atoms with Crippen molar-refractivity contribution in [2.24, 2.45) is 0 Å². The van der Waals surface area contributed by atoms with Gasteiger partial charge in [-0.15, -0.1) is 0 Å². The van der Waals surface area contributed by atoms with Crippen LogP contribution in [0.15, 0.2) is 24.3 Å². The first-order valence-corrected chi connectivity index (χ1v) is 7.73. The molecule has 2 fully saturated rings. The quantitative estimate of drug-likeness (QED) is 0.840. The summed E-state index contributed by atoms with van der Waals surface area (Å²) in [7, 11) is 0. The number of nitrogens with zero attached hydrogens (tertiary/aromatic N) is 1. The average Bonchev–Trinajstić information content (AvgIpc) is 3.11. The van der Waals surface area contributed by atoms with E-state index in [1.165, 1.54) is 25.0 Å². The van der Waals surface area contributed by atoms with E-state index in [2.05, 4.69) is 4.90 Å². The van der Waals surface area contributed by atoms with Gasteiger partial charge in [0.05, 0.1) is 5.54 Å². The van der Waals surface area contributed by atoms with Crippen LogP contribution in [0.2, 0.25) is 0 Å². The third-order valence-electron chi connectivity index (χ3n) is 4.91. The number of halogens is 1. The highest BCUT2D eigenvalue weighted by Crippen LogP contribution is 2.38. The fourth-order valence-electron chi connectivity index (χ4n) is 3.87. The summed E-state index contributed by atoms with van der Waals surface area (Å²) in [4.78, 5) is 15.3. The molecule has 0 unspecified atom stereocenters. The minimum atomic E-state index is -0.253. The van der Waals surface area contributed by atoms with Crippen molar-refractivity contribution in [2.45, 2.75) is 50.5 Å². The van der Waals surface area contributed by atoms with Crippen LogP contribution in [0.5, 0.6) is 0 Å². The summed E-state index contributed by atoms with van der Waals surface area (Å²) >= 11 is 0. The summed E-state index contributed by atoms with van der Waals surface area (Å²) in [5.41, 5.74) is 0.559. The fraction of sp³-hybridized carbons (Fsp3) is 0.588. The highest BCUT2D eigenvalue weighted by atomic mass is 19.1. The van der Waals surface area contributed by atoms with Crippen LogP contribution in [-0.2, 0) is 11.2 Å². The Hall–Kier alpha value is -1.22. The van der Waals surface area contributed by atoms with E-state index in [1.807, 2.05) is 6.07 Å². The van der Waals surface area contributed by atoms with Gasteiger partial charge in [-0.3, -0.25) is 9.69 Å². The van der Waals surface area contributed by atoms with Crippen LogP contribution in [0.3, 0.4) is 0 Å². The third-order valence-corrected chi connectivity index (χ3v) is 4.91. The molecular weight excluding hydrogens is 253 g/mol. The maximum atomic E-state index is 13.3. The van der Waals surface area contributed by atoms with Gasteiger partial charge in [-0.1, -0.05) is 25.0 Å². The first-order chi connectivity index (χ1) is 9.71. The summed E-state index contributed by atoms with van der Waals surface area (Å²) in [5.74, 6) is 0.0412. The summed E-state index contributed by atoms with van der Waals surface area (Å²) < 4.78 is 13.3. The lowest BCUT2D eigenvalue weighted by Crippen LogP contribution is -2.52. The number of Topliss-reactive ketones (excluding diaryl/α,β-unsaturated/α-hetero) is 1. The molecule has 108 valence electrons. The van der Waals surface area contributed by atoms with Crippen molar-refractivity contribution in [1.29, 1.82) is 0 Å². The van der Waals surface area contributed by atoms with Crippen LogP contribution in [0.25, 0.3) is 0 Å². The van der Waals surface area contributed by atoms with Gasteiger partial charge < -0.3 is 0 Å². The van der Waals surface area contributed by atoms with Gasteiger partial charge in [0.1, 0.15) is 5.82 Å². The van der Waals surface area contributed by atoms with Crippen LogP contribution in [0, 0.1) is 5.82 Å². The second kappa shape index (κ2) is 5.65. The predicted octanol–water partition coefficient (Wildman–Crippen LogP) is 3.35. The average molecular weight is 275 g/mol. The monoisotopic (exact) mass is 275 g/mol. The highest BCUT2D eigenvalue weighted by molar-refractivity contribution is 5.90. The zero-order valence-corrected chi connectivity index (χ0v) is 11.9. The maximum absolute atomic E-state index is 13.3. The molecular formula is C17H22FNO. The van der Waals surface area contributed by atoms with Gasteiger partial charge in [-0.25, -0.2) is 4.39 Å². The van der Waals surface area contributed by atoms with Gasteiger partial charge in [-0.2, -0.15) is 0 Å². The number of carbonyl (C=O) groups excluding carboxylic acids is 1. The number of rotatable bonds is 4. The summed E-state index contributed by atoms with van der Waals surface area (Å²) in [6.07, 6.45) is 7.04. The first-order valence-electron chi connectivity index (χ1n) is 7.73. The topological polar surface area (TPSA) is 20.3 Å². The largest absolute Gasteiger partial charge is 0.297 e. The molecule has 1 aliphatic heterocycles. The van der Waals surface area contributed by atoms with E-state index >= 15 is 0 Å². The van der Waals surface area contributed by atoms with Gasteiger partial charge in [0, 0.05) is 6.42 Å². The number of carbonyl (C=O) groups is 1. The fourth-order valence-corrected chi connectivity index (χ4v) is 3.87. The summed E-state index contributed by atoms with van der Waals surface area (Å²) in [6, 6.07) is 6.47. The molecule has 3 heteroatoms. The summed E-state index contributed by atoms with van der Waals surface area (Å²) in [6.45, 7) is 2.10. The molecule has 1 saturated carbocycles. The summed E-state index contributed by atoms with van der Waals surface area (Å²) in [5, 5.41) is 0. The van der Waals surface area contributed by atoms with E-state index in [1.54, 1.807) is 6.07 Å². The van der Waals surface area contributed by atoms with Gasteiger partial charge in [0.2, 0.25) is 0 Å². The molecule has 0 amide bonds. The van der Waals surface area contributed by atoms with Gasteiger partial charge in [0.15, 0.2) is 5.78 Å². The van der Waals surface area contributed by atoms with Crippen LogP contribution < -0.4 is 0 Å². The van der Waals surface area contributed by atoms with E-state index in [9.17, 15) is 9.18 Å². The van der Waals surface area contributed by atoms with Crippen molar-refractivity contribution in [3.05, 3.63) is 35.6 Å². The Labute approximate surface area is 120 Å². The Kier molecular flexibility index (Phi) is 3.88. The molecule has 20 heavy (non-hydrogen) atoms. The van der Waals surface area contributed by atoms with E-state index in [0.29, 0.717) is 12.2 Å². The third kappa shape index (κ3) is 2.51. The Morgan fingerprint density at radius 1 is 1.15 bits per heavy atom. The normalized spacial score (nSPS) is 22.2. The molecule has 2 aliphatic rings. The zero-order chi connectivity index (χ0) is 14.0. The molecule has 1 aromatic rings. The number of hydrogen-bond acceptors (Lipinski definition) is 2. The SMILES string of the molecule is O=C(Cc1cccc(F)c1)C1(N2CCCC2)CCCC1. The second-order valence-corrected chi connectivity index (χ2v) is 6.16. The van der Waals surface area contributed by atoms with E-state index in [4.69, 9.17) is 0 Å². The predicted molar refractivity (Wildman–Crippen MR) is 77.1 cm³/mol. The molecule has 0 N–H and O–H groups in total. The minimum absolute atomic E-state index is 0.247. The molecule has 0 spiro atoms. The molecule has 2 nitrogen and oxygen atoms in total. The Balaban J connectivity index is 1.79. The molecule has 0 atom stereocenters. The van der Waals surface area contributed by atoms with Crippen molar-refractivity contribution in [1.82, 2.24) is 4.90 Å². The number of likely N-dealkylation sites (tertiary alicyclic amines) is 1. The number of benzene rings is 1. The van der Waals surface area contributed by atoms with Gasteiger partial charge in [-0.05, 0) is 56.5 Å². The molecule has 0 aromatic heterocycles. The number of hydrogen-bond donors (Lipinski definition) is 0. The second-order valence-electron chi connectivity index (χ2n) is 6.16. The Morgan fingerprint density at radius 2 is 1.85 bits per heavy atom. The molecule has 0 radical (unpaired) electrons. The van der Waals surface area contributed by atoms with Crippen molar-refractivity contribution in [3.63, 3.8) is 0 Å². The van der Waals surface area contributed by atoms with Gasteiger partial charge >= 0.3 is 0 Å². The van der Waals surface area contributed by atoms with Crippen molar-refractivity contribution >= 4 is 5.78 Å². The van der Waals surface area contributed by atoms with Crippen LogP contribution in [-0.4, -0.2) is 29.3 Å². The zero-order valence-electron chi connectivity index (χ0n) is 11.9. The van der Waals surface area contributed by atoms with Crippen LogP contribution in [0.1, 0.15) is 44.1 Å². The molecule has 3 rings (SSSR count). The highest BCUT2D eigenvalue weighted by Gasteiger charge is 2.45. The Bertz CT molecular complexity index is 488. The molecule has 1 saturated heterocycles. The van der Waals surface area contributed by atoms with Gasteiger partial charge in [0.25, 0.3) is 0 Å². The lowest BCUT2D eigenvalue weighted by Gasteiger charge is -2.37. The maximum Gasteiger partial charge on any atom is 0.157 e. The van der Waals surface area contributed by atoms with E-state index in [-0.39, 0.29) is 11.4 Å². The minimum Gasteiger partial charge on any atom is -0.297 e. The van der Waals surface area contributed by atoms with E-state index < -0.39 is 0 Å². The van der Waals surface area contributed by atoms with Crippen molar-refractivity contribution in [3.8, 4) is 0 Å². The molecule has 0 bridgehead atoms. The van der Waals surface area contributed by atoms with Crippen molar-refractivity contribution in [2.75, 3.05) is 13.1 Å². The van der Waals surface area contributed by atoms with Crippen LogP contribution >= 0.6 is 0 Å². The number of ketones is 1. The van der Waals surface area contributed by atoms with Crippen LogP contribution in [0.4, 0.5) is 4.39 Å². The van der Waals surface area contributed by atoms with Crippen molar-refractivity contribution < 1.29 is 9.18 Å². The first kappa shape index (κ1) is 13.7. The lowest BCUT2D eigenvalue weighted by molar-refractivity contribution is -0.129. The lowest BCUT2D eigenvalue weighted by atomic mass is 9.86. The molecule has 1 heterocycles. The Morgan fingerprint density at radius 3 is 2.50 bits per heavy atom. The molecule has 1 aromatic carbocycles. The molecule has 1 aliphatic carbocycles.